The molecule has 1 fully saturated rings. The van der Waals surface area contributed by atoms with Gasteiger partial charge in [-0.15, -0.1) is 0 Å². The molecule has 24 heavy (non-hydrogen) atoms. The van der Waals surface area contributed by atoms with Crippen molar-refractivity contribution in [3.8, 4) is 5.75 Å². The lowest BCUT2D eigenvalue weighted by Crippen LogP contribution is -2.42. The Labute approximate surface area is 141 Å². The lowest BCUT2D eigenvalue weighted by Gasteiger charge is -2.33. The van der Waals surface area contributed by atoms with E-state index in [1.54, 1.807) is 24.7 Å². The predicted molar refractivity (Wildman–Crippen MR) is 88.2 cm³/mol. The van der Waals surface area contributed by atoms with Gasteiger partial charge >= 0.3 is 0 Å². The van der Waals surface area contributed by atoms with E-state index >= 15 is 0 Å². The number of hydrogen-bond donors (Lipinski definition) is 0. The molecule has 0 radical (unpaired) electrons. The van der Waals surface area contributed by atoms with Crippen molar-refractivity contribution in [1.29, 1.82) is 0 Å². The number of rotatable bonds is 5. The van der Waals surface area contributed by atoms with Gasteiger partial charge in [0.1, 0.15) is 17.7 Å². The molecule has 1 saturated heterocycles. The van der Waals surface area contributed by atoms with Crippen molar-refractivity contribution in [2.45, 2.75) is 38.3 Å². The minimum atomic E-state index is -0.298. The summed E-state index contributed by atoms with van der Waals surface area (Å²) in [6.07, 6.45) is 7.35. The monoisotopic (exact) mass is 331 g/mol. The number of amides is 1. The van der Waals surface area contributed by atoms with Crippen LogP contribution in [0.4, 0.5) is 4.39 Å². The van der Waals surface area contributed by atoms with Crippen molar-refractivity contribution in [3.05, 3.63) is 48.8 Å². The Kier molecular flexibility index (Phi) is 5.13. The number of likely N-dealkylation sites (tertiary alicyclic amines) is 1. The molecule has 0 bridgehead atoms. The zero-order valence-electron chi connectivity index (χ0n) is 13.8. The number of piperidine rings is 1. The van der Waals surface area contributed by atoms with Gasteiger partial charge in [0.2, 0.25) is 5.91 Å². The number of hydrogen-bond acceptors (Lipinski definition) is 3. The fraction of sp³-hybridized carbons (Fsp3) is 0.444. The van der Waals surface area contributed by atoms with Crippen molar-refractivity contribution in [2.24, 2.45) is 0 Å². The topological polar surface area (TPSA) is 47.4 Å². The van der Waals surface area contributed by atoms with E-state index in [-0.39, 0.29) is 23.9 Å². The summed E-state index contributed by atoms with van der Waals surface area (Å²) >= 11 is 0. The highest BCUT2D eigenvalue weighted by Gasteiger charge is 2.25. The Balaban J connectivity index is 1.47. The maximum atomic E-state index is 13.2. The molecule has 1 aromatic heterocycles. The van der Waals surface area contributed by atoms with Gasteiger partial charge in [-0.1, -0.05) is 6.07 Å². The Morgan fingerprint density at radius 2 is 2.21 bits per heavy atom. The normalized spacial score (nSPS) is 16.8. The second-order valence-corrected chi connectivity index (χ2v) is 6.22. The molecule has 6 heteroatoms. The minimum Gasteiger partial charge on any atom is -0.490 e. The van der Waals surface area contributed by atoms with Gasteiger partial charge in [-0.05, 0) is 19.1 Å². The first-order chi connectivity index (χ1) is 11.6. The van der Waals surface area contributed by atoms with E-state index in [1.165, 1.54) is 12.1 Å². The third kappa shape index (κ3) is 4.13. The predicted octanol–water partition coefficient (Wildman–Crippen LogP) is 3.04. The molecule has 128 valence electrons. The highest BCUT2D eigenvalue weighted by Crippen LogP contribution is 2.21. The first kappa shape index (κ1) is 16.5. The smallest absolute Gasteiger partial charge is 0.224 e. The summed E-state index contributed by atoms with van der Waals surface area (Å²) in [5.74, 6) is 0.405. The first-order valence-corrected chi connectivity index (χ1v) is 8.29. The zero-order valence-corrected chi connectivity index (χ0v) is 13.8. The standard InChI is InChI=1S/C18H22FN3O2/c1-14(22-10-7-20-13-22)11-18(23)21-8-5-16(6-9-21)24-17-4-2-3-15(19)12-17/h2-4,7,10,12-14,16H,5-6,8-9,11H2,1H3/t14-/m1/s1. The molecule has 0 N–H and O–H groups in total. The van der Waals surface area contributed by atoms with Gasteiger partial charge in [0.25, 0.3) is 0 Å². The fourth-order valence-electron chi connectivity index (χ4n) is 2.97. The quantitative estimate of drug-likeness (QED) is 0.846. The Hall–Kier alpha value is -2.37. The number of nitrogens with zero attached hydrogens (tertiary/aromatic N) is 3. The lowest BCUT2D eigenvalue weighted by molar-refractivity contribution is -0.133. The Morgan fingerprint density at radius 3 is 2.88 bits per heavy atom. The number of carbonyl (C=O) groups excluding carboxylic acids is 1. The maximum absolute atomic E-state index is 13.2. The van der Waals surface area contributed by atoms with Gasteiger partial charge in [0.15, 0.2) is 0 Å². The van der Waals surface area contributed by atoms with Gasteiger partial charge < -0.3 is 14.2 Å². The van der Waals surface area contributed by atoms with Crippen LogP contribution in [0, 0.1) is 5.82 Å². The molecular formula is C18H22FN3O2. The first-order valence-electron chi connectivity index (χ1n) is 8.29. The Morgan fingerprint density at radius 1 is 1.42 bits per heavy atom. The third-order valence-corrected chi connectivity index (χ3v) is 4.40. The molecule has 1 atom stereocenters. The van der Waals surface area contributed by atoms with Crippen LogP contribution in [0.25, 0.3) is 0 Å². The second-order valence-electron chi connectivity index (χ2n) is 6.22. The van der Waals surface area contributed by atoms with E-state index in [9.17, 15) is 9.18 Å². The highest BCUT2D eigenvalue weighted by molar-refractivity contribution is 5.76. The third-order valence-electron chi connectivity index (χ3n) is 4.40. The van der Waals surface area contributed by atoms with E-state index in [2.05, 4.69) is 4.98 Å². The average Bonchev–Trinajstić information content (AvgIpc) is 3.10. The SMILES string of the molecule is C[C@H](CC(=O)N1CCC(Oc2cccc(F)c2)CC1)n1ccnc1. The molecule has 0 aliphatic carbocycles. The van der Waals surface area contributed by atoms with Crippen molar-refractivity contribution in [3.63, 3.8) is 0 Å². The Bertz CT molecular complexity index is 667. The van der Waals surface area contributed by atoms with Crippen molar-refractivity contribution >= 4 is 5.91 Å². The molecule has 3 rings (SSSR count). The van der Waals surface area contributed by atoms with Gasteiger partial charge in [0.05, 0.1) is 6.33 Å². The van der Waals surface area contributed by atoms with E-state index in [4.69, 9.17) is 4.74 Å². The number of carbonyl (C=O) groups is 1. The average molecular weight is 331 g/mol. The molecule has 0 unspecified atom stereocenters. The molecule has 1 aromatic carbocycles. The van der Waals surface area contributed by atoms with Crippen molar-refractivity contribution in [2.75, 3.05) is 13.1 Å². The van der Waals surface area contributed by atoms with Crippen LogP contribution in [0.15, 0.2) is 43.0 Å². The molecule has 0 saturated carbocycles. The summed E-state index contributed by atoms with van der Waals surface area (Å²) in [5, 5.41) is 0. The number of imidazole rings is 1. The van der Waals surface area contributed by atoms with Gasteiger partial charge in [-0.3, -0.25) is 4.79 Å². The summed E-state index contributed by atoms with van der Waals surface area (Å²) in [6, 6.07) is 6.29. The summed E-state index contributed by atoms with van der Waals surface area (Å²) in [4.78, 5) is 18.3. The van der Waals surface area contributed by atoms with E-state index in [1.807, 2.05) is 22.6 Å². The van der Waals surface area contributed by atoms with Gasteiger partial charge in [-0.2, -0.15) is 0 Å². The van der Waals surface area contributed by atoms with E-state index in [0.29, 0.717) is 25.3 Å². The summed E-state index contributed by atoms with van der Waals surface area (Å²) in [7, 11) is 0. The van der Waals surface area contributed by atoms with Crippen molar-refractivity contribution < 1.29 is 13.9 Å². The van der Waals surface area contributed by atoms with Crippen LogP contribution in [0.2, 0.25) is 0 Å². The van der Waals surface area contributed by atoms with E-state index < -0.39 is 0 Å². The zero-order chi connectivity index (χ0) is 16.9. The number of ether oxygens (including phenoxy) is 1. The fourth-order valence-corrected chi connectivity index (χ4v) is 2.97. The number of benzene rings is 1. The van der Waals surface area contributed by atoms with Crippen LogP contribution in [0.1, 0.15) is 32.2 Å². The maximum Gasteiger partial charge on any atom is 0.224 e. The molecule has 1 amide bonds. The minimum absolute atomic E-state index is 0.0296. The summed E-state index contributed by atoms with van der Waals surface area (Å²) < 4.78 is 20.9. The van der Waals surface area contributed by atoms with Crippen LogP contribution < -0.4 is 4.74 Å². The number of aromatic nitrogens is 2. The molecule has 2 aromatic rings. The largest absolute Gasteiger partial charge is 0.490 e. The molecule has 1 aliphatic rings. The number of halogens is 1. The van der Waals surface area contributed by atoms with E-state index in [0.717, 1.165) is 12.8 Å². The second kappa shape index (κ2) is 7.47. The lowest BCUT2D eigenvalue weighted by atomic mass is 10.1. The summed E-state index contributed by atoms with van der Waals surface area (Å²) in [6.45, 7) is 3.37. The highest BCUT2D eigenvalue weighted by atomic mass is 19.1. The van der Waals surface area contributed by atoms with Gasteiger partial charge in [0, 0.05) is 56.9 Å². The van der Waals surface area contributed by atoms with Crippen LogP contribution in [0.5, 0.6) is 5.75 Å². The molecule has 5 nitrogen and oxygen atoms in total. The van der Waals surface area contributed by atoms with Crippen LogP contribution in [-0.4, -0.2) is 39.6 Å². The molecule has 2 heterocycles. The van der Waals surface area contributed by atoms with Crippen LogP contribution >= 0.6 is 0 Å². The van der Waals surface area contributed by atoms with Gasteiger partial charge in [-0.25, -0.2) is 9.37 Å². The molecule has 0 spiro atoms. The molecule has 1 aliphatic heterocycles. The van der Waals surface area contributed by atoms with Crippen LogP contribution in [0.3, 0.4) is 0 Å². The van der Waals surface area contributed by atoms with Crippen LogP contribution in [-0.2, 0) is 4.79 Å². The van der Waals surface area contributed by atoms with Crippen molar-refractivity contribution in [1.82, 2.24) is 14.5 Å². The molecular weight excluding hydrogens is 309 g/mol. The summed E-state index contributed by atoms with van der Waals surface area (Å²) in [5.41, 5.74) is 0.